The van der Waals surface area contributed by atoms with Crippen LogP contribution in [-0.4, -0.2) is 7.11 Å². The van der Waals surface area contributed by atoms with Gasteiger partial charge in [-0.3, -0.25) is 0 Å². The molecule has 1 N–H and O–H groups in total. The maximum atomic E-state index is 12.7. The zero-order chi connectivity index (χ0) is 15.5. The fourth-order valence-corrected chi connectivity index (χ4v) is 1.93. The summed E-state index contributed by atoms with van der Waals surface area (Å²) in [4.78, 5) is 0. The van der Waals surface area contributed by atoms with Gasteiger partial charge in [-0.25, -0.2) is 0 Å². The quantitative estimate of drug-likeness (QED) is 0.887. The monoisotopic (exact) mass is 295 g/mol. The van der Waals surface area contributed by atoms with E-state index in [1.165, 1.54) is 6.07 Å². The second kappa shape index (κ2) is 6.08. The van der Waals surface area contributed by atoms with Crippen molar-refractivity contribution in [2.24, 2.45) is 0 Å². The van der Waals surface area contributed by atoms with Crippen LogP contribution in [0.15, 0.2) is 42.5 Å². The SMILES string of the molecule is COc1ccc(CNc2cc(C(F)(F)F)ccc2C)cc1. The number of halogens is 3. The standard InChI is InChI=1S/C16H16F3NO/c1-11-3-6-13(16(17,18)19)9-15(11)20-10-12-4-7-14(21-2)8-5-12/h3-9,20H,10H2,1-2H3. The molecule has 0 aromatic heterocycles. The van der Waals surface area contributed by atoms with Gasteiger partial charge in [-0.1, -0.05) is 18.2 Å². The summed E-state index contributed by atoms with van der Waals surface area (Å²) < 4.78 is 43.2. The molecule has 0 aliphatic carbocycles. The van der Waals surface area contributed by atoms with Crippen LogP contribution in [0.2, 0.25) is 0 Å². The lowest BCUT2D eigenvalue weighted by Crippen LogP contribution is -2.07. The van der Waals surface area contributed by atoms with Crippen molar-refractivity contribution >= 4 is 5.69 Å². The third kappa shape index (κ3) is 3.90. The molecule has 0 aliphatic rings. The van der Waals surface area contributed by atoms with E-state index < -0.39 is 11.7 Å². The normalized spacial score (nSPS) is 11.3. The largest absolute Gasteiger partial charge is 0.497 e. The number of alkyl halides is 3. The van der Waals surface area contributed by atoms with Crippen LogP contribution in [0.5, 0.6) is 5.75 Å². The van der Waals surface area contributed by atoms with E-state index in [0.29, 0.717) is 12.2 Å². The van der Waals surface area contributed by atoms with Crippen molar-refractivity contribution in [3.8, 4) is 5.75 Å². The number of aryl methyl sites for hydroxylation is 1. The van der Waals surface area contributed by atoms with Gasteiger partial charge in [0.2, 0.25) is 0 Å². The Labute approximate surface area is 121 Å². The van der Waals surface area contributed by atoms with Crippen LogP contribution < -0.4 is 10.1 Å². The number of ether oxygens (including phenoxy) is 1. The van der Waals surface area contributed by atoms with Gasteiger partial charge in [0.05, 0.1) is 12.7 Å². The fourth-order valence-electron chi connectivity index (χ4n) is 1.93. The Hall–Kier alpha value is -2.17. The molecule has 112 valence electrons. The average Bonchev–Trinajstić information content (AvgIpc) is 2.45. The third-order valence-electron chi connectivity index (χ3n) is 3.21. The Kier molecular flexibility index (Phi) is 4.40. The van der Waals surface area contributed by atoms with Gasteiger partial charge in [-0.15, -0.1) is 0 Å². The Morgan fingerprint density at radius 1 is 1.05 bits per heavy atom. The molecule has 0 radical (unpaired) electrons. The van der Waals surface area contributed by atoms with Gasteiger partial charge in [0.15, 0.2) is 0 Å². The first kappa shape index (κ1) is 15.2. The zero-order valence-corrected chi connectivity index (χ0v) is 11.8. The smallest absolute Gasteiger partial charge is 0.416 e. The van der Waals surface area contributed by atoms with Gasteiger partial charge in [0, 0.05) is 12.2 Å². The molecule has 0 atom stereocenters. The molecule has 0 heterocycles. The van der Waals surface area contributed by atoms with E-state index >= 15 is 0 Å². The molecule has 0 aliphatic heterocycles. The van der Waals surface area contributed by atoms with Crippen LogP contribution in [0.3, 0.4) is 0 Å². The van der Waals surface area contributed by atoms with Crippen LogP contribution >= 0.6 is 0 Å². The van der Waals surface area contributed by atoms with Gasteiger partial charge in [0.25, 0.3) is 0 Å². The van der Waals surface area contributed by atoms with Crippen molar-refractivity contribution in [1.82, 2.24) is 0 Å². The third-order valence-corrected chi connectivity index (χ3v) is 3.21. The predicted molar refractivity (Wildman–Crippen MR) is 76.5 cm³/mol. The summed E-state index contributed by atoms with van der Waals surface area (Å²) in [7, 11) is 1.58. The van der Waals surface area contributed by atoms with E-state index in [4.69, 9.17) is 4.74 Å². The predicted octanol–water partition coefficient (Wildman–Crippen LogP) is 4.63. The number of nitrogens with one attached hydrogen (secondary N) is 1. The first-order valence-corrected chi connectivity index (χ1v) is 6.45. The highest BCUT2D eigenvalue weighted by atomic mass is 19.4. The van der Waals surface area contributed by atoms with Crippen molar-refractivity contribution < 1.29 is 17.9 Å². The summed E-state index contributed by atoms with van der Waals surface area (Å²) >= 11 is 0. The Balaban J connectivity index is 2.11. The molecule has 21 heavy (non-hydrogen) atoms. The highest BCUT2D eigenvalue weighted by molar-refractivity contribution is 5.53. The van der Waals surface area contributed by atoms with Gasteiger partial charge < -0.3 is 10.1 Å². The van der Waals surface area contributed by atoms with E-state index in [-0.39, 0.29) is 0 Å². The molecular formula is C16H16F3NO. The second-order valence-corrected chi connectivity index (χ2v) is 4.73. The van der Waals surface area contributed by atoms with E-state index in [9.17, 15) is 13.2 Å². The van der Waals surface area contributed by atoms with Crippen molar-refractivity contribution in [3.05, 3.63) is 59.2 Å². The molecule has 0 unspecified atom stereocenters. The van der Waals surface area contributed by atoms with Gasteiger partial charge >= 0.3 is 6.18 Å². The maximum Gasteiger partial charge on any atom is 0.416 e. The summed E-state index contributed by atoms with van der Waals surface area (Å²) in [5, 5.41) is 3.04. The van der Waals surface area contributed by atoms with Crippen LogP contribution in [0.4, 0.5) is 18.9 Å². The zero-order valence-electron chi connectivity index (χ0n) is 11.8. The molecule has 2 aromatic rings. The number of anilines is 1. The van der Waals surface area contributed by atoms with Crippen LogP contribution in [0.1, 0.15) is 16.7 Å². The van der Waals surface area contributed by atoms with Gasteiger partial charge in [-0.2, -0.15) is 13.2 Å². The van der Waals surface area contributed by atoms with E-state index in [1.54, 1.807) is 14.0 Å². The van der Waals surface area contributed by atoms with Crippen LogP contribution in [0.25, 0.3) is 0 Å². The number of benzene rings is 2. The van der Waals surface area contributed by atoms with E-state index in [2.05, 4.69) is 5.32 Å². The minimum absolute atomic E-state index is 0.451. The average molecular weight is 295 g/mol. The summed E-state index contributed by atoms with van der Waals surface area (Å²) in [6.07, 6.45) is -4.33. The molecule has 5 heteroatoms. The maximum absolute atomic E-state index is 12.7. The summed E-state index contributed by atoms with van der Waals surface area (Å²) in [5.41, 5.74) is 1.58. The number of methoxy groups -OCH3 is 1. The first-order valence-electron chi connectivity index (χ1n) is 6.45. The van der Waals surface area contributed by atoms with E-state index in [1.807, 2.05) is 24.3 Å². The highest BCUT2D eigenvalue weighted by Crippen LogP contribution is 2.32. The molecule has 0 spiro atoms. The lowest BCUT2D eigenvalue weighted by Gasteiger charge is -2.13. The van der Waals surface area contributed by atoms with E-state index in [0.717, 1.165) is 29.0 Å². The molecule has 0 saturated heterocycles. The lowest BCUT2D eigenvalue weighted by atomic mass is 10.1. The molecule has 0 amide bonds. The van der Waals surface area contributed by atoms with Crippen molar-refractivity contribution in [2.45, 2.75) is 19.6 Å². The van der Waals surface area contributed by atoms with Crippen molar-refractivity contribution in [1.29, 1.82) is 0 Å². The summed E-state index contributed by atoms with van der Waals surface area (Å²) in [6.45, 7) is 2.22. The molecule has 2 nitrogen and oxygen atoms in total. The lowest BCUT2D eigenvalue weighted by molar-refractivity contribution is -0.137. The minimum Gasteiger partial charge on any atom is -0.497 e. The molecular weight excluding hydrogens is 279 g/mol. The van der Waals surface area contributed by atoms with Crippen molar-refractivity contribution in [3.63, 3.8) is 0 Å². The second-order valence-electron chi connectivity index (χ2n) is 4.73. The molecule has 0 fully saturated rings. The minimum atomic E-state index is -4.33. The van der Waals surface area contributed by atoms with Crippen LogP contribution in [0, 0.1) is 6.92 Å². The molecule has 2 rings (SSSR count). The topological polar surface area (TPSA) is 21.3 Å². The molecule has 0 bridgehead atoms. The number of hydrogen-bond acceptors (Lipinski definition) is 2. The Morgan fingerprint density at radius 2 is 1.71 bits per heavy atom. The van der Waals surface area contributed by atoms with Gasteiger partial charge in [0.1, 0.15) is 5.75 Å². The summed E-state index contributed by atoms with van der Waals surface area (Å²) in [5.74, 6) is 0.744. The summed E-state index contributed by atoms with van der Waals surface area (Å²) in [6, 6.07) is 11.1. The van der Waals surface area contributed by atoms with Gasteiger partial charge in [-0.05, 0) is 42.3 Å². The molecule has 2 aromatic carbocycles. The number of rotatable bonds is 4. The first-order chi connectivity index (χ1) is 9.90. The molecule has 0 saturated carbocycles. The van der Waals surface area contributed by atoms with Crippen LogP contribution in [-0.2, 0) is 12.7 Å². The Bertz CT molecular complexity index is 606. The van der Waals surface area contributed by atoms with Crippen molar-refractivity contribution in [2.75, 3.05) is 12.4 Å². The fraction of sp³-hybridized carbons (Fsp3) is 0.250. The number of hydrogen-bond donors (Lipinski definition) is 1. The highest BCUT2D eigenvalue weighted by Gasteiger charge is 2.30. The Morgan fingerprint density at radius 3 is 2.29 bits per heavy atom.